The number of anilines is 1. The monoisotopic (exact) mass is 390 g/mol. The van der Waals surface area contributed by atoms with Crippen molar-refractivity contribution in [2.24, 2.45) is 0 Å². The van der Waals surface area contributed by atoms with Gasteiger partial charge in [-0.3, -0.25) is 14.2 Å². The first-order chi connectivity index (χ1) is 14.0. The Morgan fingerprint density at radius 1 is 1.17 bits per heavy atom. The van der Waals surface area contributed by atoms with Gasteiger partial charge in [0.15, 0.2) is 5.65 Å². The Balaban J connectivity index is 1.37. The number of carbonyl (C=O) groups is 1. The van der Waals surface area contributed by atoms with E-state index in [2.05, 4.69) is 20.4 Å². The minimum absolute atomic E-state index is 0.0900. The molecule has 0 aliphatic rings. The average molecular weight is 390 g/mol. The Kier molecular flexibility index (Phi) is 5.07. The smallest absolute Gasteiger partial charge is 0.261 e. The summed E-state index contributed by atoms with van der Waals surface area (Å²) in [5.41, 5.74) is 2.01. The van der Waals surface area contributed by atoms with Crippen LogP contribution >= 0.6 is 0 Å². The van der Waals surface area contributed by atoms with Gasteiger partial charge in [-0.05, 0) is 38.5 Å². The van der Waals surface area contributed by atoms with Crippen molar-refractivity contribution in [3.8, 4) is 0 Å². The van der Waals surface area contributed by atoms with Gasteiger partial charge in [0.2, 0.25) is 5.91 Å². The standard InChI is InChI=1S/C21H22N6O2/c1-14(2)27-20-15(11-24-27)10-16(12-22-20)25-19(28)8-5-9-26-13-23-18-7-4-3-6-17(18)21(26)29/h3-4,6-7,10-14H,5,8-9H2,1-2H3,(H,25,28). The number of fused-ring (bicyclic) bond motifs is 2. The van der Waals surface area contributed by atoms with Crippen molar-refractivity contribution in [1.29, 1.82) is 0 Å². The number of hydrogen-bond donors (Lipinski definition) is 1. The molecule has 0 bridgehead atoms. The predicted octanol–water partition coefficient (Wildman–Crippen LogP) is 3.14. The van der Waals surface area contributed by atoms with Crippen molar-refractivity contribution >= 4 is 33.5 Å². The maximum Gasteiger partial charge on any atom is 0.261 e. The van der Waals surface area contributed by atoms with Gasteiger partial charge < -0.3 is 5.32 Å². The second-order valence-corrected chi connectivity index (χ2v) is 7.23. The molecule has 3 aromatic heterocycles. The van der Waals surface area contributed by atoms with Crippen LogP contribution in [0.3, 0.4) is 0 Å². The van der Waals surface area contributed by atoms with Gasteiger partial charge in [-0.25, -0.2) is 14.6 Å². The van der Waals surface area contributed by atoms with E-state index in [1.54, 1.807) is 23.0 Å². The summed E-state index contributed by atoms with van der Waals surface area (Å²) in [4.78, 5) is 33.5. The third-order valence-electron chi connectivity index (χ3n) is 4.74. The molecule has 0 radical (unpaired) electrons. The zero-order chi connectivity index (χ0) is 20.4. The van der Waals surface area contributed by atoms with Crippen LogP contribution in [-0.4, -0.2) is 30.2 Å². The summed E-state index contributed by atoms with van der Waals surface area (Å²) in [5.74, 6) is -0.121. The fourth-order valence-corrected chi connectivity index (χ4v) is 3.29. The molecule has 0 saturated heterocycles. The number of carbonyl (C=O) groups excluding carboxylic acids is 1. The number of amides is 1. The molecule has 0 unspecified atom stereocenters. The molecule has 1 aromatic carbocycles. The van der Waals surface area contributed by atoms with Gasteiger partial charge in [0.25, 0.3) is 5.56 Å². The number of aromatic nitrogens is 5. The Morgan fingerprint density at radius 3 is 2.83 bits per heavy atom. The first-order valence-corrected chi connectivity index (χ1v) is 9.60. The van der Waals surface area contributed by atoms with Crippen molar-refractivity contribution in [2.45, 2.75) is 39.3 Å². The lowest BCUT2D eigenvalue weighted by molar-refractivity contribution is -0.116. The van der Waals surface area contributed by atoms with Crippen LogP contribution in [-0.2, 0) is 11.3 Å². The van der Waals surface area contributed by atoms with E-state index < -0.39 is 0 Å². The molecule has 29 heavy (non-hydrogen) atoms. The van der Waals surface area contributed by atoms with Crippen molar-refractivity contribution < 1.29 is 4.79 Å². The van der Waals surface area contributed by atoms with Crippen LogP contribution in [0.15, 0.2) is 53.8 Å². The summed E-state index contributed by atoms with van der Waals surface area (Å²) in [6, 6.07) is 9.32. The number of nitrogens with one attached hydrogen (secondary N) is 1. The van der Waals surface area contributed by atoms with E-state index in [1.165, 1.54) is 6.33 Å². The second-order valence-electron chi connectivity index (χ2n) is 7.23. The van der Waals surface area contributed by atoms with Gasteiger partial charge in [0, 0.05) is 24.4 Å². The Hall–Kier alpha value is -3.55. The van der Waals surface area contributed by atoms with Crippen LogP contribution in [0.25, 0.3) is 21.9 Å². The Morgan fingerprint density at radius 2 is 2.00 bits per heavy atom. The first-order valence-electron chi connectivity index (χ1n) is 9.60. The fourth-order valence-electron chi connectivity index (χ4n) is 3.29. The Labute approximate surface area is 167 Å². The van der Waals surface area contributed by atoms with Crippen molar-refractivity contribution in [1.82, 2.24) is 24.3 Å². The lowest BCUT2D eigenvalue weighted by Gasteiger charge is -2.08. The highest BCUT2D eigenvalue weighted by Gasteiger charge is 2.10. The zero-order valence-electron chi connectivity index (χ0n) is 16.4. The highest BCUT2D eigenvalue weighted by Crippen LogP contribution is 2.19. The van der Waals surface area contributed by atoms with E-state index in [0.29, 0.717) is 36.0 Å². The normalized spacial score (nSPS) is 11.4. The molecule has 0 saturated carbocycles. The number of pyridine rings is 1. The molecule has 0 spiro atoms. The van der Waals surface area contributed by atoms with E-state index in [1.807, 2.05) is 42.8 Å². The largest absolute Gasteiger partial charge is 0.325 e. The minimum Gasteiger partial charge on any atom is -0.325 e. The van der Waals surface area contributed by atoms with Gasteiger partial charge in [-0.15, -0.1) is 0 Å². The lowest BCUT2D eigenvalue weighted by Crippen LogP contribution is -2.21. The van der Waals surface area contributed by atoms with Gasteiger partial charge in [-0.2, -0.15) is 5.10 Å². The van der Waals surface area contributed by atoms with E-state index in [9.17, 15) is 9.59 Å². The molecule has 1 amide bonds. The summed E-state index contributed by atoms with van der Waals surface area (Å²) in [5, 5.41) is 8.66. The molecular weight excluding hydrogens is 368 g/mol. The molecular formula is C21H22N6O2. The van der Waals surface area contributed by atoms with E-state index in [0.717, 1.165) is 11.0 Å². The average Bonchev–Trinajstić information content (AvgIpc) is 3.13. The summed E-state index contributed by atoms with van der Waals surface area (Å²) >= 11 is 0. The topological polar surface area (TPSA) is 94.7 Å². The molecule has 0 aliphatic heterocycles. The molecule has 0 fully saturated rings. The van der Waals surface area contributed by atoms with Crippen LogP contribution in [0.5, 0.6) is 0 Å². The lowest BCUT2D eigenvalue weighted by atomic mass is 10.2. The van der Waals surface area contributed by atoms with E-state index in [-0.39, 0.29) is 17.5 Å². The predicted molar refractivity (Wildman–Crippen MR) is 112 cm³/mol. The molecule has 8 heteroatoms. The third-order valence-corrected chi connectivity index (χ3v) is 4.74. The molecule has 4 aromatic rings. The van der Waals surface area contributed by atoms with Crippen LogP contribution < -0.4 is 10.9 Å². The summed E-state index contributed by atoms with van der Waals surface area (Å²) in [6.45, 7) is 4.52. The molecule has 4 rings (SSSR count). The molecule has 3 heterocycles. The summed E-state index contributed by atoms with van der Waals surface area (Å²) < 4.78 is 3.39. The SMILES string of the molecule is CC(C)n1ncc2cc(NC(=O)CCCn3cnc4ccccc4c3=O)cnc21. The van der Waals surface area contributed by atoms with E-state index in [4.69, 9.17) is 0 Å². The van der Waals surface area contributed by atoms with Crippen LogP contribution in [0.1, 0.15) is 32.7 Å². The van der Waals surface area contributed by atoms with Crippen LogP contribution in [0, 0.1) is 0 Å². The van der Waals surface area contributed by atoms with Crippen molar-refractivity contribution in [3.63, 3.8) is 0 Å². The highest BCUT2D eigenvalue weighted by molar-refractivity contribution is 5.92. The number of rotatable bonds is 6. The van der Waals surface area contributed by atoms with Gasteiger partial charge in [0.05, 0.1) is 35.3 Å². The summed E-state index contributed by atoms with van der Waals surface area (Å²) in [7, 11) is 0. The number of benzene rings is 1. The van der Waals surface area contributed by atoms with E-state index >= 15 is 0 Å². The number of para-hydroxylation sites is 1. The molecule has 1 N–H and O–H groups in total. The van der Waals surface area contributed by atoms with Crippen molar-refractivity contribution in [2.75, 3.05) is 5.32 Å². The second kappa shape index (κ2) is 7.83. The molecule has 0 atom stereocenters. The Bertz CT molecular complexity index is 1240. The zero-order valence-corrected chi connectivity index (χ0v) is 16.4. The fraction of sp³-hybridized carbons (Fsp3) is 0.286. The molecule has 0 aliphatic carbocycles. The minimum atomic E-state index is -0.121. The van der Waals surface area contributed by atoms with Gasteiger partial charge >= 0.3 is 0 Å². The van der Waals surface area contributed by atoms with Gasteiger partial charge in [0.1, 0.15) is 0 Å². The van der Waals surface area contributed by atoms with Crippen LogP contribution in [0.2, 0.25) is 0 Å². The number of hydrogen-bond acceptors (Lipinski definition) is 5. The first kappa shape index (κ1) is 18.8. The van der Waals surface area contributed by atoms with Crippen molar-refractivity contribution in [3.05, 3.63) is 59.4 Å². The maximum atomic E-state index is 12.5. The van der Waals surface area contributed by atoms with Gasteiger partial charge in [-0.1, -0.05) is 12.1 Å². The highest BCUT2D eigenvalue weighted by atomic mass is 16.1. The maximum absolute atomic E-state index is 12.5. The number of nitrogens with zero attached hydrogens (tertiary/aromatic N) is 5. The quantitative estimate of drug-likeness (QED) is 0.546. The molecule has 148 valence electrons. The molecule has 8 nitrogen and oxygen atoms in total. The third kappa shape index (κ3) is 3.87. The number of aryl methyl sites for hydroxylation is 1. The van der Waals surface area contributed by atoms with Crippen LogP contribution in [0.4, 0.5) is 5.69 Å². The summed E-state index contributed by atoms with van der Waals surface area (Å²) in [6.07, 6.45) is 5.75.